The highest BCUT2D eigenvalue weighted by molar-refractivity contribution is 6.75. The Hall–Kier alpha value is -1.15. The van der Waals surface area contributed by atoms with Gasteiger partial charge >= 0.3 is 0 Å². The summed E-state index contributed by atoms with van der Waals surface area (Å²) in [6.45, 7) is 49.8. The Balaban J connectivity index is 1.43. The molecule has 0 radical (unpaired) electrons. The number of methoxy groups -OCH3 is 1. The quantitative estimate of drug-likeness (QED) is 0.154. The van der Waals surface area contributed by atoms with Crippen molar-refractivity contribution >= 4 is 36.5 Å². The lowest BCUT2D eigenvalue weighted by molar-refractivity contribution is -0.266. The topological polar surface area (TPSA) is 117 Å². The predicted molar refractivity (Wildman–Crippen MR) is 305 cm³/mol. The molecule has 8 rings (SSSR count). The van der Waals surface area contributed by atoms with Crippen molar-refractivity contribution in [2.24, 2.45) is 17.8 Å². The second-order valence-corrected chi connectivity index (χ2v) is 42.8. The zero-order valence-corrected chi connectivity index (χ0v) is 53.1. The average Bonchev–Trinajstić information content (AvgIpc) is 3.80. The third kappa shape index (κ3) is 14.8. The highest BCUT2D eigenvalue weighted by Gasteiger charge is 2.58. The molecule has 424 valence electrons. The van der Waals surface area contributed by atoms with E-state index in [9.17, 15) is 9.59 Å². The summed E-state index contributed by atoms with van der Waals surface area (Å²) >= 11 is 0. The maximum atomic E-state index is 14.9. The highest BCUT2D eigenvalue weighted by Crippen LogP contribution is 2.48. The lowest BCUT2D eigenvalue weighted by Crippen LogP contribution is -2.69. The summed E-state index contributed by atoms with van der Waals surface area (Å²) in [5.74, 6) is 0.742. The van der Waals surface area contributed by atoms with Gasteiger partial charge in [-0.3, -0.25) is 9.59 Å². The van der Waals surface area contributed by atoms with Gasteiger partial charge in [0.15, 0.2) is 30.7 Å². The van der Waals surface area contributed by atoms with Crippen molar-refractivity contribution in [3.05, 3.63) is 36.5 Å². The minimum Gasteiger partial charge on any atom is -0.408 e. The molecule has 0 aliphatic carbocycles. The second-order valence-electron chi connectivity index (χ2n) is 28.5. The van der Waals surface area contributed by atoms with Crippen molar-refractivity contribution in [3.63, 3.8) is 0 Å². The van der Waals surface area contributed by atoms with Crippen LogP contribution < -0.4 is 0 Å². The van der Waals surface area contributed by atoms with Gasteiger partial charge in [0.2, 0.25) is 0 Å². The van der Waals surface area contributed by atoms with Crippen LogP contribution in [0.1, 0.15) is 167 Å². The largest absolute Gasteiger partial charge is 0.408 e. The van der Waals surface area contributed by atoms with Gasteiger partial charge in [-0.2, -0.15) is 0 Å². The van der Waals surface area contributed by atoms with E-state index in [0.717, 1.165) is 49.7 Å². The van der Waals surface area contributed by atoms with Crippen molar-refractivity contribution in [2.45, 2.75) is 306 Å². The van der Waals surface area contributed by atoms with Gasteiger partial charge in [0.1, 0.15) is 30.2 Å². The molecule has 0 aromatic carbocycles. The zero-order valence-electron chi connectivity index (χ0n) is 50.1. The first kappa shape index (κ1) is 62.1. The molecule has 0 amide bonds. The highest BCUT2D eigenvalue weighted by atomic mass is 28.4. The normalized spacial score (nSPS) is 37.8. The molecule has 4 unspecified atom stereocenters. The Bertz CT molecular complexity index is 1960. The average molecular weight is 1090 g/mol. The van der Waals surface area contributed by atoms with Gasteiger partial charge in [0.05, 0.1) is 61.0 Å². The second kappa shape index (κ2) is 24.3. The van der Waals surface area contributed by atoms with Crippen LogP contribution in [-0.4, -0.2) is 129 Å². The number of Topliss-reactive ketones (excluding diaryl/α,β-unsaturated/α-hetero) is 1. The first-order valence-corrected chi connectivity index (χ1v) is 37.8. The van der Waals surface area contributed by atoms with E-state index in [2.05, 4.69) is 136 Å². The number of hydrogen-bond donors (Lipinski definition) is 0. The standard InChI is InChI=1S/C60H106O11Si3/c1-22-37(2)31-52-53(63-15)46-35-42(62)34-45-27-30-48-54(66-45)56(70-73(18,19)59(9,10)11)57(71-74(20,21)60(12,13)14)55(68-48)49(69-72(16,17)58(6,7)8)28-24-41(61)23-25-43-33-39(4)47(64-43)29-26-44-32-38(3)40(5)50(65-44)36-51(46)67-52/h24,28,37-38,43-57H,4-5,22-23,25-27,29-36H2,1-3,6-21H3/b28-24+/t37?,38-,43+,44+,45-,46?,47?,48+,49+,50?,51+,52-,53-,54+,55+,56+,57-/m1/s1. The number of ketones is 2. The van der Waals surface area contributed by atoms with Crippen molar-refractivity contribution in [1.82, 2.24) is 0 Å². The van der Waals surface area contributed by atoms with Crippen molar-refractivity contribution in [2.75, 3.05) is 7.11 Å². The maximum Gasteiger partial charge on any atom is 0.193 e. The van der Waals surface area contributed by atoms with Crippen molar-refractivity contribution in [3.8, 4) is 0 Å². The molecule has 0 aromatic rings. The van der Waals surface area contributed by atoms with Crippen LogP contribution in [-0.2, 0) is 51.3 Å². The van der Waals surface area contributed by atoms with E-state index in [1.807, 2.05) is 6.08 Å². The molecule has 0 aromatic heterocycles. The van der Waals surface area contributed by atoms with Crippen LogP contribution in [0, 0.1) is 17.8 Å². The van der Waals surface area contributed by atoms with E-state index in [1.54, 1.807) is 13.2 Å². The van der Waals surface area contributed by atoms with Crippen molar-refractivity contribution in [1.29, 1.82) is 0 Å². The molecule has 74 heavy (non-hydrogen) atoms. The van der Waals surface area contributed by atoms with E-state index in [1.165, 1.54) is 0 Å². The number of allylic oxidation sites excluding steroid dienone is 1. The molecular formula is C60H106O11Si3. The molecule has 8 aliphatic heterocycles. The number of rotatable bonds is 10. The summed E-state index contributed by atoms with van der Waals surface area (Å²) in [5, 5.41) is -0.396. The molecule has 0 N–H and O–H groups in total. The third-order valence-corrected chi connectivity index (χ3v) is 33.1. The van der Waals surface area contributed by atoms with Gasteiger partial charge in [-0.05, 0) is 135 Å². The van der Waals surface area contributed by atoms with E-state index in [0.29, 0.717) is 44.4 Å². The summed E-state index contributed by atoms with van der Waals surface area (Å²) in [6, 6.07) is 0. The summed E-state index contributed by atoms with van der Waals surface area (Å²) in [4.78, 5) is 29.0. The molecule has 0 spiro atoms. The Kier molecular flexibility index (Phi) is 20.4. The zero-order chi connectivity index (χ0) is 55.1. The molecule has 8 bridgehead atoms. The van der Waals surface area contributed by atoms with Gasteiger partial charge in [0.25, 0.3) is 0 Å². The summed E-state index contributed by atoms with van der Waals surface area (Å²) in [6.07, 6.45) is 7.93. The number of hydrogen-bond acceptors (Lipinski definition) is 11. The van der Waals surface area contributed by atoms with E-state index < -0.39 is 55.5 Å². The molecular weight excluding hydrogens is 981 g/mol. The van der Waals surface area contributed by atoms with Gasteiger partial charge in [-0.25, -0.2) is 0 Å². The number of carbonyl (C=O) groups is 2. The lowest BCUT2D eigenvalue weighted by atomic mass is 9.81. The summed E-state index contributed by atoms with van der Waals surface area (Å²) in [5.41, 5.74) is 2.17. The first-order chi connectivity index (χ1) is 34.1. The predicted octanol–water partition coefficient (Wildman–Crippen LogP) is 13.8. The molecule has 14 heteroatoms. The minimum atomic E-state index is -2.55. The number of fused-ring (bicyclic) bond motifs is 2. The van der Waals surface area contributed by atoms with Gasteiger partial charge in [-0.15, -0.1) is 0 Å². The van der Waals surface area contributed by atoms with Crippen LogP contribution in [0.5, 0.6) is 0 Å². The first-order valence-electron chi connectivity index (χ1n) is 29.1. The van der Waals surface area contributed by atoms with Crippen molar-refractivity contribution < 1.29 is 51.3 Å². The van der Waals surface area contributed by atoms with Crippen LogP contribution in [0.2, 0.25) is 54.4 Å². The molecule has 11 nitrogen and oxygen atoms in total. The Morgan fingerprint density at radius 3 is 1.81 bits per heavy atom. The van der Waals surface area contributed by atoms with E-state index in [-0.39, 0.29) is 99.9 Å². The smallest absolute Gasteiger partial charge is 0.193 e. The maximum absolute atomic E-state index is 14.9. The molecule has 17 atom stereocenters. The number of carbonyl (C=O) groups excluding carboxylic acids is 2. The van der Waals surface area contributed by atoms with E-state index in [4.69, 9.17) is 41.7 Å². The van der Waals surface area contributed by atoms with Crippen LogP contribution in [0.15, 0.2) is 36.5 Å². The van der Waals surface area contributed by atoms with Crippen LogP contribution >= 0.6 is 0 Å². The van der Waals surface area contributed by atoms with Gasteiger partial charge < -0.3 is 41.7 Å². The Labute approximate surface area is 453 Å². The fourth-order valence-corrected chi connectivity index (χ4v) is 15.3. The lowest BCUT2D eigenvalue weighted by Gasteiger charge is -2.56. The monoisotopic (exact) mass is 1090 g/mol. The van der Waals surface area contributed by atoms with Crippen LogP contribution in [0.25, 0.3) is 0 Å². The SMILES string of the molecule is C=C1C[C@@H]2CCC(=O)/C=C/[C@H](O[Si](C)(C)C(C)(C)C)[C@@H]3O[C@H]4CC[C@H](CC(=O)CC5[C@H](CC6O[C@@H](CCC1O2)C[C@@H](C)C6=C)O[C@H](CC(C)CC)[C@@H]5OC)O[C@@H]4[C@H](O[Si](C)(C)C(C)(C)C)[C@@H]3O[Si](C)(C)C(C)(C)C. The van der Waals surface area contributed by atoms with Gasteiger partial charge in [-0.1, -0.05) is 109 Å². The fraction of sp³-hybridized carbons (Fsp3) is 0.867. The van der Waals surface area contributed by atoms with Crippen LogP contribution in [0.3, 0.4) is 0 Å². The Morgan fingerprint density at radius 1 is 0.649 bits per heavy atom. The third-order valence-electron chi connectivity index (χ3n) is 19.7. The molecule has 8 aliphatic rings. The number of ether oxygens (including phenoxy) is 6. The molecule has 0 saturated carbocycles. The van der Waals surface area contributed by atoms with Gasteiger partial charge in [0, 0.05) is 38.7 Å². The van der Waals surface area contributed by atoms with E-state index >= 15 is 0 Å². The summed E-state index contributed by atoms with van der Waals surface area (Å²) in [7, 11) is -5.79. The molecule has 8 heterocycles. The van der Waals surface area contributed by atoms with Crippen LogP contribution in [0.4, 0.5) is 0 Å². The summed E-state index contributed by atoms with van der Waals surface area (Å²) < 4.78 is 64.7. The molecule has 5 saturated heterocycles. The Morgan fingerprint density at radius 2 is 1.22 bits per heavy atom. The molecule has 5 fully saturated rings. The fourth-order valence-electron chi connectivity index (χ4n) is 11.5. The minimum absolute atomic E-state index is 0.0263.